The first kappa shape index (κ1) is 23.6. The molecular weight excluding hydrogens is 440 g/mol. The molecule has 1 atom stereocenters. The monoisotopic (exact) mass is 476 g/mol. The summed E-state index contributed by atoms with van der Waals surface area (Å²) in [7, 11) is 0. The lowest BCUT2D eigenvalue weighted by atomic mass is 9.91. The van der Waals surface area contributed by atoms with Crippen molar-refractivity contribution < 1.29 is 14.4 Å². The van der Waals surface area contributed by atoms with Crippen LogP contribution in [0, 0.1) is 0 Å². The highest BCUT2D eigenvalue weighted by Gasteiger charge is 2.48. The number of rotatable bonds is 7. The summed E-state index contributed by atoms with van der Waals surface area (Å²) >= 11 is 0. The predicted molar refractivity (Wildman–Crippen MR) is 135 cm³/mol. The molecule has 3 amide bonds. The average molecular weight is 477 g/mol. The van der Waals surface area contributed by atoms with Gasteiger partial charge in [-0.25, -0.2) is 0 Å². The Balaban J connectivity index is 1.42. The number of benzene rings is 1. The van der Waals surface area contributed by atoms with Gasteiger partial charge in [-0.15, -0.1) is 0 Å². The third kappa shape index (κ3) is 4.60. The van der Waals surface area contributed by atoms with E-state index in [9.17, 15) is 14.4 Å². The van der Waals surface area contributed by atoms with Crippen molar-refractivity contribution in [3.8, 4) is 11.3 Å². The molecule has 0 unspecified atom stereocenters. The minimum Gasteiger partial charge on any atom is -0.351 e. The number of nitrogens with zero attached hydrogens (tertiary/aromatic N) is 3. The molecule has 0 bridgehead atoms. The molecule has 0 spiro atoms. The van der Waals surface area contributed by atoms with E-state index in [4.69, 9.17) is 0 Å². The van der Waals surface area contributed by atoms with Crippen LogP contribution >= 0.6 is 0 Å². The fourth-order valence-corrected chi connectivity index (χ4v) is 5.93. The van der Waals surface area contributed by atoms with E-state index in [0.717, 1.165) is 49.9 Å². The zero-order chi connectivity index (χ0) is 24.4. The van der Waals surface area contributed by atoms with Gasteiger partial charge in [0.15, 0.2) is 0 Å². The molecule has 186 valence electrons. The number of carbonyl (C=O) groups excluding carboxylic acids is 3. The lowest BCUT2D eigenvalue weighted by Crippen LogP contribution is -2.65. The van der Waals surface area contributed by atoms with E-state index >= 15 is 0 Å². The van der Waals surface area contributed by atoms with Crippen LogP contribution in [0.25, 0.3) is 11.3 Å². The topological polar surface area (TPSA) is 74.7 Å². The predicted octanol–water partition coefficient (Wildman–Crippen LogP) is 3.83. The molecule has 1 N–H and O–H groups in total. The van der Waals surface area contributed by atoms with Crippen molar-refractivity contribution in [2.45, 2.75) is 76.4 Å². The van der Waals surface area contributed by atoms with Gasteiger partial charge in [0.05, 0.1) is 6.54 Å². The Hall–Kier alpha value is -3.09. The minimum absolute atomic E-state index is 0.0756. The van der Waals surface area contributed by atoms with Crippen molar-refractivity contribution in [1.82, 2.24) is 19.7 Å². The molecule has 3 aliphatic rings. The summed E-state index contributed by atoms with van der Waals surface area (Å²) in [4.78, 5) is 43.3. The van der Waals surface area contributed by atoms with Gasteiger partial charge in [-0.1, -0.05) is 49.6 Å². The quantitative estimate of drug-likeness (QED) is 0.660. The molecule has 0 radical (unpaired) electrons. The SMILES string of the molecule is C[C@@]1(C(=O)NC2CCCCC2)Cn2c(ccc2-c2ccccc2)C(=O)N1CCCN1CCCC1=O. The number of nitrogens with one attached hydrogen (secondary N) is 1. The number of hydrogen-bond donors (Lipinski definition) is 1. The van der Waals surface area contributed by atoms with Crippen molar-refractivity contribution in [3.05, 3.63) is 48.2 Å². The number of hydrogen-bond acceptors (Lipinski definition) is 3. The molecule has 1 saturated carbocycles. The van der Waals surface area contributed by atoms with E-state index < -0.39 is 5.54 Å². The van der Waals surface area contributed by atoms with Crippen LogP contribution in [-0.2, 0) is 16.1 Å². The Labute approximate surface area is 207 Å². The summed E-state index contributed by atoms with van der Waals surface area (Å²) in [6.07, 6.45) is 7.65. The number of carbonyl (C=O) groups is 3. The zero-order valence-corrected chi connectivity index (χ0v) is 20.7. The van der Waals surface area contributed by atoms with Gasteiger partial charge in [-0.3, -0.25) is 14.4 Å². The van der Waals surface area contributed by atoms with Gasteiger partial charge in [-0.05, 0) is 50.3 Å². The zero-order valence-electron chi connectivity index (χ0n) is 20.7. The first-order valence-electron chi connectivity index (χ1n) is 13.1. The second-order valence-electron chi connectivity index (χ2n) is 10.4. The van der Waals surface area contributed by atoms with E-state index in [-0.39, 0.29) is 23.8 Å². The number of aromatic nitrogens is 1. The Bertz CT molecular complexity index is 1090. The van der Waals surface area contributed by atoms with Crippen LogP contribution < -0.4 is 5.32 Å². The molecule has 1 saturated heterocycles. The van der Waals surface area contributed by atoms with Gasteiger partial charge in [0.25, 0.3) is 5.91 Å². The maximum Gasteiger partial charge on any atom is 0.271 e. The van der Waals surface area contributed by atoms with Crippen LogP contribution in [0.3, 0.4) is 0 Å². The summed E-state index contributed by atoms with van der Waals surface area (Å²) in [5, 5.41) is 3.29. The average Bonchev–Trinajstić information content (AvgIpc) is 3.48. The summed E-state index contributed by atoms with van der Waals surface area (Å²) in [6, 6.07) is 14.0. The first-order valence-corrected chi connectivity index (χ1v) is 13.1. The molecular formula is C28H36N4O3. The summed E-state index contributed by atoms with van der Waals surface area (Å²) in [6.45, 7) is 4.17. The molecule has 35 heavy (non-hydrogen) atoms. The minimum atomic E-state index is -1.00. The fraction of sp³-hybridized carbons (Fsp3) is 0.536. The highest BCUT2D eigenvalue weighted by Crippen LogP contribution is 2.34. The largest absolute Gasteiger partial charge is 0.351 e. The lowest BCUT2D eigenvalue weighted by molar-refractivity contribution is -0.134. The molecule has 1 aliphatic carbocycles. The van der Waals surface area contributed by atoms with Crippen LogP contribution in [0.15, 0.2) is 42.5 Å². The van der Waals surface area contributed by atoms with Crippen LogP contribution in [-0.4, -0.2) is 63.3 Å². The van der Waals surface area contributed by atoms with E-state index in [1.165, 1.54) is 6.42 Å². The van der Waals surface area contributed by atoms with Gasteiger partial charge in [-0.2, -0.15) is 0 Å². The normalized spacial score (nSPS) is 23.0. The number of fused-ring (bicyclic) bond motifs is 1. The highest BCUT2D eigenvalue weighted by molar-refractivity contribution is 6.00. The molecule has 2 aromatic rings. The molecule has 1 aromatic heterocycles. The lowest BCUT2D eigenvalue weighted by Gasteiger charge is -2.45. The van der Waals surface area contributed by atoms with Gasteiger partial charge < -0.3 is 19.7 Å². The maximum absolute atomic E-state index is 13.8. The molecule has 5 rings (SSSR count). The van der Waals surface area contributed by atoms with E-state index in [2.05, 4.69) is 5.32 Å². The van der Waals surface area contributed by atoms with Gasteiger partial charge in [0.2, 0.25) is 11.8 Å². The standard InChI is InChI=1S/C28H36N4O3/c1-28(27(35)29-22-12-6-3-7-13-22)20-31-23(21-10-4-2-5-11-21)15-16-24(31)26(34)32(28)19-9-18-30-17-8-14-25(30)33/h2,4-5,10-11,15-16,22H,3,6-9,12-14,17-20H2,1H3,(H,29,35)/t28-/m0/s1. The fourth-order valence-electron chi connectivity index (χ4n) is 5.93. The van der Waals surface area contributed by atoms with Crippen molar-refractivity contribution >= 4 is 17.7 Å². The van der Waals surface area contributed by atoms with E-state index in [0.29, 0.717) is 38.2 Å². The van der Waals surface area contributed by atoms with E-state index in [1.54, 1.807) is 4.90 Å². The Morgan fingerprint density at radius 1 is 0.971 bits per heavy atom. The Kier molecular flexibility index (Phi) is 6.67. The molecule has 2 fully saturated rings. The highest BCUT2D eigenvalue weighted by atomic mass is 16.2. The summed E-state index contributed by atoms with van der Waals surface area (Å²) < 4.78 is 2.01. The third-order valence-corrected chi connectivity index (χ3v) is 7.99. The van der Waals surface area contributed by atoms with Gasteiger partial charge >= 0.3 is 0 Å². The summed E-state index contributed by atoms with van der Waals surface area (Å²) in [5.74, 6) is -0.00464. The second-order valence-corrected chi connectivity index (χ2v) is 10.4. The molecule has 3 heterocycles. The maximum atomic E-state index is 13.8. The third-order valence-electron chi connectivity index (χ3n) is 7.99. The molecule has 7 heteroatoms. The Morgan fingerprint density at radius 3 is 2.43 bits per heavy atom. The Morgan fingerprint density at radius 2 is 1.71 bits per heavy atom. The second kappa shape index (κ2) is 9.88. The van der Waals surface area contributed by atoms with Crippen LogP contribution in [0.2, 0.25) is 0 Å². The number of likely N-dealkylation sites (tertiary alicyclic amines) is 1. The van der Waals surface area contributed by atoms with Crippen molar-refractivity contribution in [3.63, 3.8) is 0 Å². The van der Waals surface area contributed by atoms with Crippen molar-refractivity contribution in [1.29, 1.82) is 0 Å². The number of amides is 3. The smallest absolute Gasteiger partial charge is 0.271 e. The van der Waals surface area contributed by atoms with E-state index in [1.807, 2.05) is 58.9 Å². The van der Waals surface area contributed by atoms with Crippen LogP contribution in [0.1, 0.15) is 68.8 Å². The summed E-state index contributed by atoms with van der Waals surface area (Å²) in [5.41, 5.74) is 1.60. The molecule has 7 nitrogen and oxygen atoms in total. The van der Waals surface area contributed by atoms with Crippen molar-refractivity contribution in [2.75, 3.05) is 19.6 Å². The first-order chi connectivity index (χ1) is 17.0. The van der Waals surface area contributed by atoms with Crippen molar-refractivity contribution in [2.24, 2.45) is 0 Å². The van der Waals surface area contributed by atoms with Gasteiger partial charge in [0, 0.05) is 37.8 Å². The van der Waals surface area contributed by atoms with Gasteiger partial charge in [0.1, 0.15) is 11.2 Å². The molecule has 1 aromatic carbocycles. The van der Waals surface area contributed by atoms with Crippen LogP contribution in [0.4, 0.5) is 0 Å². The van der Waals surface area contributed by atoms with Crippen LogP contribution in [0.5, 0.6) is 0 Å². The molecule has 2 aliphatic heterocycles.